The molecule has 0 radical (unpaired) electrons. The van der Waals surface area contributed by atoms with Gasteiger partial charge in [-0.05, 0) is 36.4 Å². The van der Waals surface area contributed by atoms with Gasteiger partial charge in [-0.3, -0.25) is 4.79 Å². The zero-order valence-corrected chi connectivity index (χ0v) is 13.5. The SMILES string of the molecule is COc1ccc2[nH]cc(C(=O)c3cc(Cl)cc(Br)c3)c2c1. The van der Waals surface area contributed by atoms with Crippen LogP contribution in [0.15, 0.2) is 47.1 Å². The number of hydrogen-bond donors (Lipinski definition) is 1. The largest absolute Gasteiger partial charge is 0.497 e. The lowest BCUT2D eigenvalue weighted by atomic mass is 10.0. The third-order valence-corrected chi connectivity index (χ3v) is 3.93. The first-order valence-corrected chi connectivity index (χ1v) is 7.41. The van der Waals surface area contributed by atoms with Crippen LogP contribution < -0.4 is 4.74 Å². The van der Waals surface area contributed by atoms with Crippen LogP contribution >= 0.6 is 27.5 Å². The minimum atomic E-state index is -0.0855. The number of H-pyrrole nitrogens is 1. The van der Waals surface area contributed by atoms with E-state index < -0.39 is 0 Å². The monoisotopic (exact) mass is 363 g/mol. The van der Waals surface area contributed by atoms with E-state index in [9.17, 15) is 4.79 Å². The topological polar surface area (TPSA) is 42.1 Å². The van der Waals surface area contributed by atoms with Crippen LogP contribution in [0.1, 0.15) is 15.9 Å². The summed E-state index contributed by atoms with van der Waals surface area (Å²) in [4.78, 5) is 15.8. The Balaban J connectivity index is 2.13. The fourth-order valence-electron chi connectivity index (χ4n) is 2.25. The van der Waals surface area contributed by atoms with Gasteiger partial charge in [-0.15, -0.1) is 0 Å². The van der Waals surface area contributed by atoms with Crippen LogP contribution in [-0.2, 0) is 0 Å². The first-order valence-electron chi connectivity index (χ1n) is 6.24. The molecule has 0 unspecified atom stereocenters. The number of aromatic nitrogens is 1. The van der Waals surface area contributed by atoms with Crippen molar-refractivity contribution in [3.8, 4) is 5.75 Å². The number of fused-ring (bicyclic) bond motifs is 1. The summed E-state index contributed by atoms with van der Waals surface area (Å²) >= 11 is 9.36. The van der Waals surface area contributed by atoms with Crippen molar-refractivity contribution in [1.29, 1.82) is 0 Å². The predicted molar refractivity (Wildman–Crippen MR) is 87.4 cm³/mol. The molecule has 5 heteroatoms. The highest BCUT2D eigenvalue weighted by atomic mass is 79.9. The van der Waals surface area contributed by atoms with Crippen LogP contribution in [0.4, 0.5) is 0 Å². The Hall–Kier alpha value is -1.78. The molecule has 3 nitrogen and oxygen atoms in total. The molecule has 106 valence electrons. The van der Waals surface area contributed by atoms with Crippen LogP contribution in [0.2, 0.25) is 5.02 Å². The molecule has 0 atom stereocenters. The zero-order chi connectivity index (χ0) is 15.0. The summed E-state index contributed by atoms with van der Waals surface area (Å²) in [6, 6.07) is 10.7. The van der Waals surface area contributed by atoms with Gasteiger partial charge in [0.25, 0.3) is 0 Å². The Morgan fingerprint density at radius 3 is 2.76 bits per heavy atom. The van der Waals surface area contributed by atoms with E-state index in [0.29, 0.717) is 21.9 Å². The van der Waals surface area contributed by atoms with E-state index in [4.69, 9.17) is 16.3 Å². The standard InChI is InChI=1S/C16H11BrClNO2/c1-21-12-2-3-15-13(7-12)14(8-19-15)16(20)9-4-10(17)6-11(18)5-9/h2-8,19H,1H3. The average Bonchev–Trinajstić information content (AvgIpc) is 2.88. The summed E-state index contributed by atoms with van der Waals surface area (Å²) in [5, 5.41) is 1.35. The quantitative estimate of drug-likeness (QED) is 0.677. The normalized spacial score (nSPS) is 10.8. The molecule has 3 rings (SSSR count). The van der Waals surface area contributed by atoms with Gasteiger partial charge < -0.3 is 9.72 Å². The number of benzene rings is 2. The van der Waals surface area contributed by atoms with Gasteiger partial charge in [0.15, 0.2) is 5.78 Å². The number of hydrogen-bond acceptors (Lipinski definition) is 2. The smallest absolute Gasteiger partial charge is 0.195 e. The summed E-state index contributed by atoms with van der Waals surface area (Å²) in [7, 11) is 1.60. The number of carbonyl (C=O) groups is 1. The van der Waals surface area contributed by atoms with Crippen molar-refractivity contribution in [2.75, 3.05) is 7.11 Å². The first-order chi connectivity index (χ1) is 10.1. The van der Waals surface area contributed by atoms with Crippen LogP contribution in [-0.4, -0.2) is 17.9 Å². The van der Waals surface area contributed by atoms with Gasteiger partial charge in [0.2, 0.25) is 0 Å². The maximum Gasteiger partial charge on any atom is 0.195 e. The lowest BCUT2D eigenvalue weighted by Crippen LogP contribution is -2.00. The third kappa shape index (κ3) is 2.69. The first kappa shape index (κ1) is 14.2. The van der Waals surface area contributed by atoms with Gasteiger partial charge >= 0.3 is 0 Å². The van der Waals surface area contributed by atoms with E-state index in [1.165, 1.54) is 0 Å². The maximum absolute atomic E-state index is 12.7. The maximum atomic E-state index is 12.7. The molecule has 2 aromatic carbocycles. The second-order valence-corrected chi connectivity index (χ2v) is 5.95. The fraction of sp³-hybridized carbons (Fsp3) is 0.0625. The van der Waals surface area contributed by atoms with Gasteiger partial charge in [0.1, 0.15) is 5.75 Å². The van der Waals surface area contributed by atoms with Gasteiger partial charge in [-0.2, -0.15) is 0 Å². The van der Waals surface area contributed by atoms with Crippen molar-refractivity contribution in [2.45, 2.75) is 0 Å². The van der Waals surface area contributed by atoms with Gasteiger partial charge in [0.05, 0.1) is 7.11 Å². The molecule has 1 heterocycles. The number of aromatic amines is 1. The zero-order valence-electron chi connectivity index (χ0n) is 11.1. The Bertz CT molecular complexity index is 821. The molecule has 0 saturated carbocycles. The van der Waals surface area contributed by atoms with Gasteiger partial charge in [-0.25, -0.2) is 0 Å². The number of ketones is 1. The van der Waals surface area contributed by atoms with E-state index in [-0.39, 0.29) is 5.78 Å². The van der Waals surface area contributed by atoms with E-state index >= 15 is 0 Å². The van der Waals surface area contributed by atoms with Gasteiger partial charge in [-0.1, -0.05) is 27.5 Å². The Morgan fingerprint density at radius 1 is 1.24 bits per heavy atom. The minimum absolute atomic E-state index is 0.0855. The van der Waals surface area contributed by atoms with Gasteiger partial charge in [0, 0.05) is 37.7 Å². The van der Waals surface area contributed by atoms with E-state index in [1.54, 1.807) is 31.5 Å². The summed E-state index contributed by atoms with van der Waals surface area (Å²) in [5.41, 5.74) is 2.02. The lowest BCUT2D eigenvalue weighted by molar-refractivity contribution is 0.104. The molecule has 0 aliphatic carbocycles. The predicted octanol–water partition coefficient (Wildman–Crippen LogP) is 4.82. The molecule has 3 aromatic rings. The van der Waals surface area contributed by atoms with E-state index in [2.05, 4.69) is 20.9 Å². The highest BCUT2D eigenvalue weighted by Crippen LogP contribution is 2.27. The van der Waals surface area contributed by atoms with Crippen molar-refractivity contribution < 1.29 is 9.53 Å². The highest BCUT2D eigenvalue weighted by Gasteiger charge is 2.15. The molecule has 0 spiro atoms. The lowest BCUT2D eigenvalue weighted by Gasteiger charge is -2.03. The van der Waals surface area contributed by atoms with Crippen molar-refractivity contribution in [2.24, 2.45) is 0 Å². The molecule has 0 aliphatic rings. The minimum Gasteiger partial charge on any atom is -0.497 e. The number of nitrogens with one attached hydrogen (secondary N) is 1. The second kappa shape index (κ2) is 5.54. The summed E-state index contributed by atoms with van der Waals surface area (Å²) in [6.07, 6.45) is 1.71. The second-order valence-electron chi connectivity index (χ2n) is 4.60. The highest BCUT2D eigenvalue weighted by molar-refractivity contribution is 9.10. The van der Waals surface area contributed by atoms with Crippen molar-refractivity contribution in [3.05, 3.63) is 63.2 Å². The van der Waals surface area contributed by atoms with Crippen LogP contribution in [0.3, 0.4) is 0 Å². The number of rotatable bonds is 3. The van der Waals surface area contributed by atoms with Crippen molar-refractivity contribution in [1.82, 2.24) is 4.98 Å². The molecule has 1 N–H and O–H groups in total. The average molecular weight is 365 g/mol. The number of halogens is 2. The number of methoxy groups -OCH3 is 1. The summed E-state index contributed by atoms with van der Waals surface area (Å²) < 4.78 is 5.99. The molecular formula is C16H11BrClNO2. The molecule has 0 saturated heterocycles. The fourth-order valence-corrected chi connectivity index (χ4v) is 3.12. The van der Waals surface area contributed by atoms with Crippen LogP contribution in [0.25, 0.3) is 10.9 Å². The Morgan fingerprint density at radius 2 is 2.05 bits per heavy atom. The molecular weight excluding hydrogens is 354 g/mol. The van der Waals surface area contributed by atoms with Crippen LogP contribution in [0, 0.1) is 0 Å². The number of carbonyl (C=O) groups excluding carboxylic acids is 1. The Labute approximate surface area is 135 Å². The van der Waals surface area contributed by atoms with Crippen molar-refractivity contribution >= 4 is 44.2 Å². The van der Waals surface area contributed by atoms with Crippen LogP contribution in [0.5, 0.6) is 5.75 Å². The number of ether oxygens (including phenoxy) is 1. The molecule has 0 aliphatic heterocycles. The van der Waals surface area contributed by atoms with E-state index in [0.717, 1.165) is 15.4 Å². The molecule has 0 fully saturated rings. The Kier molecular flexibility index (Phi) is 3.74. The summed E-state index contributed by atoms with van der Waals surface area (Å²) in [6.45, 7) is 0. The molecule has 1 aromatic heterocycles. The van der Waals surface area contributed by atoms with Crippen molar-refractivity contribution in [3.63, 3.8) is 0 Å². The molecule has 0 amide bonds. The molecule has 0 bridgehead atoms. The summed E-state index contributed by atoms with van der Waals surface area (Å²) in [5.74, 6) is 0.626. The van der Waals surface area contributed by atoms with E-state index in [1.807, 2.05) is 18.2 Å². The third-order valence-electron chi connectivity index (χ3n) is 3.26. The molecule has 21 heavy (non-hydrogen) atoms.